The van der Waals surface area contributed by atoms with E-state index in [0.717, 1.165) is 49.7 Å². The summed E-state index contributed by atoms with van der Waals surface area (Å²) in [5, 5.41) is 0. The van der Waals surface area contributed by atoms with E-state index < -0.39 is 0 Å². The van der Waals surface area contributed by atoms with Crippen LogP contribution in [0.5, 0.6) is 0 Å². The highest BCUT2D eigenvalue weighted by Crippen LogP contribution is 2.37. The van der Waals surface area contributed by atoms with Crippen LogP contribution in [0.2, 0.25) is 0 Å². The van der Waals surface area contributed by atoms with Crippen molar-refractivity contribution in [1.82, 2.24) is 14.0 Å². The normalized spacial score (nSPS) is 11.2. The second kappa shape index (κ2) is 8.47. The van der Waals surface area contributed by atoms with Gasteiger partial charge in [-0.3, -0.25) is 8.97 Å². The zero-order chi connectivity index (χ0) is 23.1. The molecule has 0 radical (unpaired) electrons. The summed E-state index contributed by atoms with van der Waals surface area (Å²) in [6, 6.07) is 38.0. The van der Waals surface area contributed by atoms with Crippen molar-refractivity contribution in [3.05, 3.63) is 125 Å². The third kappa shape index (κ3) is 3.57. The molecule has 3 nitrogen and oxygen atoms in total. The molecule has 4 heteroatoms. The molecule has 0 spiro atoms. The maximum atomic E-state index is 5.24. The summed E-state index contributed by atoms with van der Waals surface area (Å²) in [4.78, 5) is 5.24. The van der Waals surface area contributed by atoms with E-state index in [9.17, 15) is 0 Å². The molecule has 0 fully saturated rings. The van der Waals surface area contributed by atoms with Gasteiger partial charge >= 0.3 is 0 Å². The predicted octanol–water partition coefficient (Wildman–Crippen LogP) is 8.20. The van der Waals surface area contributed by atoms with Gasteiger partial charge < -0.3 is 0 Å². The standard InChI is InChI=1S/C30H22BrN3/c1-21-12-18-26(19-13-21)34-27(22-14-16-25(31)17-15-22)20-33-29(24-10-6-3-7-11-24)28(32-30(33)34)23-8-4-2-5-9-23/h2-20H,1H3. The lowest BCUT2D eigenvalue weighted by atomic mass is 10.0. The van der Waals surface area contributed by atoms with Crippen LogP contribution in [-0.2, 0) is 0 Å². The molecule has 0 N–H and O–H groups in total. The summed E-state index contributed by atoms with van der Waals surface area (Å²) in [5.41, 5.74) is 8.85. The van der Waals surface area contributed by atoms with Crippen molar-refractivity contribution in [2.45, 2.75) is 6.92 Å². The maximum absolute atomic E-state index is 5.24. The van der Waals surface area contributed by atoms with E-state index in [1.54, 1.807) is 0 Å². The minimum atomic E-state index is 0.888. The second-order valence-electron chi connectivity index (χ2n) is 8.40. The first-order chi connectivity index (χ1) is 16.7. The highest BCUT2D eigenvalue weighted by Gasteiger charge is 2.22. The van der Waals surface area contributed by atoms with Crippen molar-refractivity contribution in [3.63, 3.8) is 0 Å². The Kier molecular flexibility index (Phi) is 5.16. The first-order valence-corrected chi connectivity index (χ1v) is 12.1. The van der Waals surface area contributed by atoms with Crippen LogP contribution in [0, 0.1) is 6.92 Å². The number of fused-ring (bicyclic) bond motifs is 1. The first-order valence-electron chi connectivity index (χ1n) is 11.3. The molecule has 4 aromatic carbocycles. The Balaban J connectivity index is 1.71. The molecule has 0 atom stereocenters. The van der Waals surface area contributed by atoms with E-state index in [0.29, 0.717) is 0 Å². The molecule has 6 rings (SSSR count). The zero-order valence-electron chi connectivity index (χ0n) is 18.7. The third-order valence-corrected chi connectivity index (χ3v) is 6.64. The number of imidazole rings is 2. The van der Waals surface area contributed by atoms with E-state index in [1.807, 2.05) is 6.07 Å². The van der Waals surface area contributed by atoms with E-state index >= 15 is 0 Å². The van der Waals surface area contributed by atoms with Gasteiger partial charge in [0.15, 0.2) is 0 Å². The largest absolute Gasteiger partial charge is 0.282 e. The second-order valence-corrected chi connectivity index (χ2v) is 9.32. The van der Waals surface area contributed by atoms with Crippen LogP contribution in [0.25, 0.3) is 45.2 Å². The summed E-state index contributed by atoms with van der Waals surface area (Å²) in [6.45, 7) is 2.11. The van der Waals surface area contributed by atoms with Crippen LogP contribution in [0.15, 0.2) is 120 Å². The Bertz CT molecular complexity index is 1580. The number of hydrogen-bond donors (Lipinski definition) is 0. The van der Waals surface area contributed by atoms with Crippen molar-refractivity contribution in [2.75, 3.05) is 0 Å². The Labute approximate surface area is 207 Å². The fourth-order valence-electron chi connectivity index (χ4n) is 4.43. The van der Waals surface area contributed by atoms with E-state index in [4.69, 9.17) is 4.98 Å². The van der Waals surface area contributed by atoms with Gasteiger partial charge in [0, 0.05) is 33.0 Å². The molecule has 0 unspecified atom stereocenters. The first kappa shape index (κ1) is 20.7. The lowest BCUT2D eigenvalue weighted by molar-refractivity contribution is 1.08. The van der Waals surface area contributed by atoms with Gasteiger partial charge in [0.2, 0.25) is 5.78 Å². The van der Waals surface area contributed by atoms with Gasteiger partial charge in [-0.05, 0) is 31.2 Å². The summed E-state index contributed by atoms with van der Waals surface area (Å²) in [7, 11) is 0. The fraction of sp³-hybridized carbons (Fsp3) is 0.0333. The molecule has 0 bridgehead atoms. The zero-order valence-corrected chi connectivity index (χ0v) is 20.3. The highest BCUT2D eigenvalue weighted by atomic mass is 79.9. The Morgan fingerprint density at radius 3 is 1.91 bits per heavy atom. The molecule has 0 saturated heterocycles. The van der Waals surface area contributed by atoms with Crippen molar-refractivity contribution in [3.8, 4) is 39.5 Å². The molecule has 2 heterocycles. The fourth-order valence-corrected chi connectivity index (χ4v) is 4.69. The average Bonchev–Trinajstić information content (AvgIpc) is 3.43. The number of aryl methyl sites for hydroxylation is 1. The van der Waals surface area contributed by atoms with E-state index in [1.165, 1.54) is 5.56 Å². The van der Waals surface area contributed by atoms with Crippen molar-refractivity contribution < 1.29 is 0 Å². The maximum Gasteiger partial charge on any atom is 0.220 e. The van der Waals surface area contributed by atoms with Gasteiger partial charge in [0.25, 0.3) is 0 Å². The van der Waals surface area contributed by atoms with Crippen LogP contribution in [-0.4, -0.2) is 14.0 Å². The van der Waals surface area contributed by atoms with E-state index in [2.05, 4.69) is 141 Å². The van der Waals surface area contributed by atoms with Gasteiger partial charge in [-0.25, -0.2) is 4.98 Å². The van der Waals surface area contributed by atoms with Crippen LogP contribution in [0.4, 0.5) is 0 Å². The molecule has 164 valence electrons. The minimum absolute atomic E-state index is 0.888. The SMILES string of the molecule is Cc1ccc(-n2c(-c3ccc(Br)cc3)cn3c(-c4ccccc4)c(-c4ccccc4)nc23)cc1. The van der Waals surface area contributed by atoms with Crippen LogP contribution < -0.4 is 0 Å². The Morgan fingerprint density at radius 2 is 1.26 bits per heavy atom. The van der Waals surface area contributed by atoms with Gasteiger partial charge in [-0.2, -0.15) is 0 Å². The molecule has 2 aromatic heterocycles. The number of halogens is 1. The highest BCUT2D eigenvalue weighted by molar-refractivity contribution is 9.10. The van der Waals surface area contributed by atoms with Gasteiger partial charge in [0.1, 0.15) is 0 Å². The van der Waals surface area contributed by atoms with E-state index in [-0.39, 0.29) is 0 Å². The van der Waals surface area contributed by atoms with Gasteiger partial charge in [-0.1, -0.05) is 106 Å². The lowest BCUT2D eigenvalue weighted by Crippen LogP contribution is -1.98. The van der Waals surface area contributed by atoms with Gasteiger partial charge in [-0.15, -0.1) is 0 Å². The number of hydrogen-bond acceptors (Lipinski definition) is 1. The molecule has 0 aliphatic rings. The number of nitrogens with zero attached hydrogens (tertiary/aromatic N) is 3. The topological polar surface area (TPSA) is 22.2 Å². The lowest BCUT2D eigenvalue weighted by Gasteiger charge is -2.10. The average molecular weight is 504 g/mol. The summed E-state index contributed by atoms with van der Waals surface area (Å²) in [6.07, 6.45) is 2.21. The number of benzene rings is 4. The Morgan fingerprint density at radius 1 is 0.647 bits per heavy atom. The summed E-state index contributed by atoms with van der Waals surface area (Å²) in [5.74, 6) is 0.888. The summed E-state index contributed by atoms with van der Waals surface area (Å²) >= 11 is 3.57. The van der Waals surface area contributed by atoms with Crippen LogP contribution >= 0.6 is 15.9 Å². The molecule has 0 aliphatic carbocycles. The third-order valence-electron chi connectivity index (χ3n) is 6.11. The minimum Gasteiger partial charge on any atom is -0.282 e. The Hall–Kier alpha value is -3.89. The van der Waals surface area contributed by atoms with Gasteiger partial charge in [0.05, 0.1) is 17.1 Å². The summed E-state index contributed by atoms with van der Waals surface area (Å²) < 4.78 is 5.54. The quantitative estimate of drug-likeness (QED) is 0.237. The molecule has 34 heavy (non-hydrogen) atoms. The van der Waals surface area contributed by atoms with Crippen molar-refractivity contribution in [1.29, 1.82) is 0 Å². The van der Waals surface area contributed by atoms with Crippen molar-refractivity contribution in [2.24, 2.45) is 0 Å². The number of rotatable bonds is 4. The molecule has 0 saturated carbocycles. The monoisotopic (exact) mass is 503 g/mol. The van der Waals surface area contributed by atoms with Crippen molar-refractivity contribution >= 4 is 21.7 Å². The molecule has 6 aromatic rings. The molecule has 0 aliphatic heterocycles. The molecular weight excluding hydrogens is 482 g/mol. The smallest absolute Gasteiger partial charge is 0.220 e. The van der Waals surface area contributed by atoms with Crippen LogP contribution in [0.3, 0.4) is 0 Å². The molecule has 0 amide bonds. The predicted molar refractivity (Wildman–Crippen MR) is 143 cm³/mol. The number of aromatic nitrogens is 3. The molecular formula is C30H22BrN3. The van der Waals surface area contributed by atoms with Crippen LogP contribution in [0.1, 0.15) is 5.56 Å².